The van der Waals surface area contributed by atoms with Gasteiger partial charge in [-0.25, -0.2) is 9.13 Å². The second-order valence-electron chi connectivity index (χ2n) is 27.3. The van der Waals surface area contributed by atoms with Crippen molar-refractivity contribution in [3.63, 3.8) is 0 Å². The van der Waals surface area contributed by atoms with Gasteiger partial charge in [-0.2, -0.15) is 0 Å². The van der Waals surface area contributed by atoms with Crippen molar-refractivity contribution in [2.45, 2.75) is 412 Å². The summed E-state index contributed by atoms with van der Waals surface area (Å²) in [5.41, 5.74) is 0. The molecule has 94 heavy (non-hydrogen) atoms. The molecule has 0 aromatic carbocycles. The summed E-state index contributed by atoms with van der Waals surface area (Å²) in [4.78, 5) is 72.6. The molecular formula is C75H146O17P2. The number of carbonyl (C=O) groups excluding carboxylic acids is 4. The molecule has 0 radical (unpaired) electrons. The first kappa shape index (κ1) is 92.1. The standard InChI is InChI=1S/C75H146O17P2/c1-6-10-13-16-19-21-23-25-26-27-32-35-39-44-49-54-59-73(78)86-65-71(92-75(80)61-56-51-46-41-37-33-29-28-31-34-38-43-47-52-57-68(5)9-4)67-90-94(83,84)88-63-69(76)62-87-93(81,82)89-66-70(64-85-72(77)58-53-48-42-18-15-12-8-3)91-74(79)60-55-50-45-40-36-30-24-22-20-17-14-11-7-2/h68-71,76H,6-67H2,1-5H3,(H,81,82)(H,83,84)/t68?,69-,70+,71+/m0/s1. The summed E-state index contributed by atoms with van der Waals surface area (Å²) in [7, 11) is -9.90. The van der Waals surface area contributed by atoms with E-state index in [1.165, 1.54) is 205 Å². The van der Waals surface area contributed by atoms with Gasteiger partial charge in [-0.15, -0.1) is 0 Å². The molecule has 17 nitrogen and oxygen atoms in total. The third-order valence-corrected chi connectivity index (χ3v) is 19.8. The van der Waals surface area contributed by atoms with Crippen LogP contribution in [-0.2, 0) is 65.4 Å². The highest BCUT2D eigenvalue weighted by molar-refractivity contribution is 7.47. The van der Waals surface area contributed by atoms with E-state index in [1.807, 2.05) is 0 Å². The van der Waals surface area contributed by atoms with E-state index < -0.39 is 97.5 Å². The highest BCUT2D eigenvalue weighted by Gasteiger charge is 2.30. The maximum atomic E-state index is 13.1. The average molecular weight is 1380 g/mol. The molecule has 0 aliphatic carbocycles. The zero-order valence-corrected chi connectivity index (χ0v) is 62.9. The minimum absolute atomic E-state index is 0.108. The van der Waals surface area contributed by atoms with Crippen LogP contribution in [0.15, 0.2) is 0 Å². The van der Waals surface area contributed by atoms with Gasteiger partial charge in [0.05, 0.1) is 26.4 Å². The Morgan fingerprint density at radius 1 is 0.298 bits per heavy atom. The molecule has 0 amide bonds. The molecule has 0 aromatic rings. The highest BCUT2D eigenvalue weighted by Crippen LogP contribution is 2.45. The van der Waals surface area contributed by atoms with Crippen LogP contribution >= 0.6 is 15.6 Å². The number of unbranched alkanes of at least 4 members (excludes halogenated alkanes) is 46. The van der Waals surface area contributed by atoms with Crippen molar-refractivity contribution in [2.24, 2.45) is 5.92 Å². The zero-order valence-electron chi connectivity index (χ0n) is 61.1. The van der Waals surface area contributed by atoms with Gasteiger partial charge in [-0.3, -0.25) is 37.3 Å². The Balaban J connectivity index is 5.20. The van der Waals surface area contributed by atoms with Crippen LogP contribution in [0.4, 0.5) is 0 Å². The van der Waals surface area contributed by atoms with Crippen LogP contribution in [0, 0.1) is 5.92 Å². The van der Waals surface area contributed by atoms with Gasteiger partial charge in [-0.1, -0.05) is 343 Å². The first-order valence-electron chi connectivity index (χ1n) is 39.2. The molecule has 0 fully saturated rings. The molecule has 0 heterocycles. The maximum absolute atomic E-state index is 13.1. The molecule has 0 aliphatic rings. The summed E-state index contributed by atoms with van der Waals surface area (Å²) >= 11 is 0. The quantitative estimate of drug-likeness (QED) is 0.0222. The monoisotopic (exact) mass is 1380 g/mol. The lowest BCUT2D eigenvalue weighted by Gasteiger charge is -2.21. The van der Waals surface area contributed by atoms with Crippen LogP contribution < -0.4 is 0 Å². The van der Waals surface area contributed by atoms with Crippen molar-refractivity contribution in [2.75, 3.05) is 39.6 Å². The average Bonchev–Trinajstić information content (AvgIpc) is 2.38. The minimum Gasteiger partial charge on any atom is -0.462 e. The molecule has 6 atom stereocenters. The van der Waals surface area contributed by atoms with Crippen LogP contribution in [0.25, 0.3) is 0 Å². The van der Waals surface area contributed by atoms with E-state index in [4.69, 9.17) is 37.0 Å². The number of phosphoric ester groups is 2. The number of carbonyl (C=O) groups is 4. The lowest BCUT2D eigenvalue weighted by atomic mass is 9.99. The Hall–Kier alpha value is -1.94. The fraction of sp³-hybridized carbons (Fsp3) is 0.947. The van der Waals surface area contributed by atoms with Crippen LogP contribution in [0.3, 0.4) is 0 Å². The number of aliphatic hydroxyl groups excluding tert-OH is 1. The summed E-state index contributed by atoms with van der Waals surface area (Å²) in [5.74, 6) is -1.27. The Labute approximate surface area is 575 Å². The maximum Gasteiger partial charge on any atom is 0.472 e. The number of hydrogen-bond acceptors (Lipinski definition) is 15. The number of aliphatic hydroxyl groups is 1. The van der Waals surface area contributed by atoms with E-state index in [1.54, 1.807) is 0 Å². The van der Waals surface area contributed by atoms with E-state index in [2.05, 4.69) is 34.6 Å². The molecule has 0 aliphatic heterocycles. The molecule has 3 unspecified atom stereocenters. The molecular weight excluding hydrogens is 1230 g/mol. The summed E-state index contributed by atoms with van der Waals surface area (Å²) in [6, 6.07) is 0. The number of ether oxygens (including phenoxy) is 4. The SMILES string of the molecule is CCCCCCCCCCCCCCCCCCC(=O)OC[C@H](COP(=O)(O)OC[C@@H](O)COP(=O)(O)OC[C@@H](COC(=O)CCCCCCCCC)OC(=O)CCCCCCCCCCCCCCC)OC(=O)CCCCCCCCCCCCCCCCC(C)CC. The molecule has 19 heteroatoms. The van der Waals surface area contributed by atoms with Crippen molar-refractivity contribution in [1.82, 2.24) is 0 Å². The van der Waals surface area contributed by atoms with Crippen molar-refractivity contribution >= 4 is 39.5 Å². The van der Waals surface area contributed by atoms with Crippen molar-refractivity contribution < 1.29 is 80.2 Å². The molecule has 558 valence electrons. The van der Waals surface area contributed by atoms with Crippen LogP contribution in [-0.4, -0.2) is 96.7 Å². The first-order chi connectivity index (χ1) is 45.6. The topological polar surface area (TPSA) is 237 Å². The Bertz CT molecular complexity index is 1810. The summed E-state index contributed by atoms with van der Waals surface area (Å²) in [6.45, 7) is 7.31. The summed E-state index contributed by atoms with van der Waals surface area (Å²) < 4.78 is 68.4. The smallest absolute Gasteiger partial charge is 0.462 e. The fourth-order valence-corrected chi connectivity index (χ4v) is 13.1. The predicted octanol–water partition coefficient (Wildman–Crippen LogP) is 22.1. The van der Waals surface area contributed by atoms with Crippen LogP contribution in [0.5, 0.6) is 0 Å². The van der Waals surface area contributed by atoms with E-state index in [0.29, 0.717) is 25.7 Å². The van der Waals surface area contributed by atoms with Gasteiger partial charge in [0.25, 0.3) is 0 Å². The zero-order chi connectivity index (χ0) is 69.1. The number of esters is 4. The predicted molar refractivity (Wildman–Crippen MR) is 382 cm³/mol. The van der Waals surface area contributed by atoms with Crippen LogP contribution in [0.1, 0.15) is 394 Å². The van der Waals surface area contributed by atoms with Gasteiger partial charge >= 0.3 is 39.5 Å². The second-order valence-corrected chi connectivity index (χ2v) is 30.2. The second kappa shape index (κ2) is 68.2. The van der Waals surface area contributed by atoms with E-state index >= 15 is 0 Å². The van der Waals surface area contributed by atoms with E-state index in [0.717, 1.165) is 109 Å². The molecule has 0 bridgehead atoms. The third-order valence-electron chi connectivity index (χ3n) is 17.9. The highest BCUT2D eigenvalue weighted by atomic mass is 31.2. The molecule has 0 saturated heterocycles. The van der Waals surface area contributed by atoms with Gasteiger partial charge in [0.1, 0.15) is 19.3 Å². The number of phosphoric acid groups is 2. The largest absolute Gasteiger partial charge is 0.472 e. The summed E-state index contributed by atoms with van der Waals surface area (Å²) in [6.07, 6.45) is 56.8. The van der Waals surface area contributed by atoms with E-state index in [9.17, 15) is 43.2 Å². The first-order valence-corrected chi connectivity index (χ1v) is 42.2. The molecule has 0 aromatic heterocycles. The van der Waals surface area contributed by atoms with Crippen molar-refractivity contribution in [3.8, 4) is 0 Å². The minimum atomic E-state index is -4.96. The Kier molecular flexibility index (Phi) is 66.8. The van der Waals surface area contributed by atoms with Gasteiger partial charge in [0.2, 0.25) is 0 Å². The van der Waals surface area contributed by atoms with Gasteiger partial charge in [0, 0.05) is 25.7 Å². The lowest BCUT2D eigenvalue weighted by molar-refractivity contribution is -0.161. The van der Waals surface area contributed by atoms with Gasteiger partial charge in [-0.05, 0) is 31.6 Å². The fourth-order valence-electron chi connectivity index (χ4n) is 11.5. The van der Waals surface area contributed by atoms with Crippen molar-refractivity contribution in [3.05, 3.63) is 0 Å². The normalized spacial score (nSPS) is 14.3. The molecule has 3 N–H and O–H groups in total. The summed E-state index contributed by atoms with van der Waals surface area (Å²) in [5, 5.41) is 10.6. The Morgan fingerprint density at radius 2 is 0.511 bits per heavy atom. The number of hydrogen-bond donors (Lipinski definition) is 3. The Morgan fingerprint density at radius 3 is 0.755 bits per heavy atom. The van der Waals surface area contributed by atoms with Crippen LogP contribution in [0.2, 0.25) is 0 Å². The lowest BCUT2D eigenvalue weighted by Crippen LogP contribution is -2.30. The van der Waals surface area contributed by atoms with E-state index in [-0.39, 0.29) is 25.7 Å². The molecule has 0 rings (SSSR count). The third kappa shape index (κ3) is 67.3. The number of rotatable bonds is 75. The van der Waals surface area contributed by atoms with Gasteiger partial charge in [0.15, 0.2) is 12.2 Å². The molecule has 0 saturated carbocycles. The van der Waals surface area contributed by atoms with Crippen molar-refractivity contribution in [1.29, 1.82) is 0 Å². The molecule has 0 spiro atoms. The van der Waals surface area contributed by atoms with Gasteiger partial charge < -0.3 is 33.8 Å².